The standard InChI is InChI=1S/C12H4Br6O4/c13-2-1-3(4(14)5(15)9(2)19)22-12-8(18)10(20)6(16)7(17)11(12)21/h1,19-21H. The Morgan fingerprint density at radius 3 is 1.73 bits per heavy atom. The maximum Gasteiger partial charge on any atom is 0.188 e. The van der Waals surface area contributed by atoms with Gasteiger partial charge < -0.3 is 20.1 Å². The summed E-state index contributed by atoms with van der Waals surface area (Å²) in [5.74, 6) is -0.0160. The Morgan fingerprint density at radius 2 is 1.14 bits per heavy atom. The maximum absolute atomic E-state index is 10.2. The molecular weight excluding hydrogens is 688 g/mol. The summed E-state index contributed by atoms with van der Waals surface area (Å²) in [7, 11) is 0. The second kappa shape index (κ2) is 7.18. The first kappa shape index (κ1) is 18.9. The van der Waals surface area contributed by atoms with E-state index in [1.165, 1.54) is 6.07 Å². The van der Waals surface area contributed by atoms with Gasteiger partial charge in [0.1, 0.15) is 21.7 Å². The quantitative estimate of drug-likeness (QED) is 0.231. The molecule has 2 aromatic carbocycles. The van der Waals surface area contributed by atoms with Gasteiger partial charge in [-0.2, -0.15) is 0 Å². The van der Waals surface area contributed by atoms with Gasteiger partial charge in [-0.1, -0.05) is 0 Å². The summed E-state index contributed by atoms with van der Waals surface area (Å²) >= 11 is 19.2. The minimum Gasteiger partial charge on any atom is -0.506 e. The molecule has 22 heavy (non-hydrogen) atoms. The van der Waals surface area contributed by atoms with Gasteiger partial charge in [0.25, 0.3) is 0 Å². The molecule has 0 bridgehead atoms. The van der Waals surface area contributed by atoms with Gasteiger partial charge >= 0.3 is 0 Å². The third-order valence-electron chi connectivity index (χ3n) is 2.54. The molecule has 0 saturated carbocycles. The number of benzene rings is 2. The number of halogens is 6. The van der Waals surface area contributed by atoms with E-state index < -0.39 is 0 Å². The van der Waals surface area contributed by atoms with Crippen molar-refractivity contribution in [1.29, 1.82) is 0 Å². The van der Waals surface area contributed by atoms with Crippen LogP contribution in [0.3, 0.4) is 0 Å². The number of phenolic OH excluding ortho intramolecular Hbond substituents is 3. The maximum atomic E-state index is 10.2. The molecule has 2 aromatic rings. The van der Waals surface area contributed by atoms with Crippen LogP contribution in [0.1, 0.15) is 0 Å². The van der Waals surface area contributed by atoms with Gasteiger partial charge in [0.15, 0.2) is 11.5 Å². The fraction of sp³-hybridized carbons (Fsp3) is 0. The number of rotatable bonds is 2. The van der Waals surface area contributed by atoms with Crippen molar-refractivity contribution in [3.05, 3.63) is 32.9 Å². The molecule has 0 spiro atoms. The Bertz CT molecular complexity index is 748. The molecule has 10 heteroatoms. The smallest absolute Gasteiger partial charge is 0.188 e. The van der Waals surface area contributed by atoms with Crippen LogP contribution in [0.2, 0.25) is 0 Å². The zero-order valence-corrected chi connectivity index (χ0v) is 19.6. The van der Waals surface area contributed by atoms with Crippen molar-refractivity contribution in [3.63, 3.8) is 0 Å². The van der Waals surface area contributed by atoms with Crippen LogP contribution in [0.5, 0.6) is 28.7 Å². The molecule has 0 amide bonds. The molecule has 0 aliphatic rings. The van der Waals surface area contributed by atoms with Crippen LogP contribution in [0.25, 0.3) is 0 Å². The van der Waals surface area contributed by atoms with Gasteiger partial charge in [0.05, 0.1) is 22.4 Å². The molecule has 0 radical (unpaired) electrons. The highest BCUT2D eigenvalue weighted by molar-refractivity contribution is 9.13. The Kier molecular flexibility index (Phi) is 6.15. The number of ether oxygens (including phenoxy) is 1. The lowest BCUT2D eigenvalue weighted by atomic mass is 10.3. The molecule has 3 N–H and O–H groups in total. The van der Waals surface area contributed by atoms with Crippen molar-refractivity contribution in [2.45, 2.75) is 0 Å². The molecule has 118 valence electrons. The van der Waals surface area contributed by atoms with E-state index in [0.717, 1.165) is 0 Å². The van der Waals surface area contributed by atoms with Crippen LogP contribution in [0.4, 0.5) is 0 Å². The molecule has 0 atom stereocenters. The predicted octanol–water partition coefficient (Wildman–Crippen LogP) is 7.17. The number of hydrogen-bond acceptors (Lipinski definition) is 4. The summed E-state index contributed by atoms with van der Waals surface area (Å²) in [6, 6.07) is 1.52. The molecule has 0 unspecified atom stereocenters. The highest BCUT2D eigenvalue weighted by Gasteiger charge is 2.23. The van der Waals surface area contributed by atoms with Gasteiger partial charge in [0.2, 0.25) is 0 Å². The van der Waals surface area contributed by atoms with Gasteiger partial charge in [-0.15, -0.1) is 0 Å². The van der Waals surface area contributed by atoms with Crippen LogP contribution in [-0.4, -0.2) is 15.3 Å². The summed E-state index contributed by atoms with van der Waals surface area (Å²) in [5, 5.41) is 30.0. The van der Waals surface area contributed by atoms with Gasteiger partial charge in [-0.25, -0.2) is 0 Å². The van der Waals surface area contributed by atoms with Crippen molar-refractivity contribution in [1.82, 2.24) is 0 Å². The molecule has 0 aliphatic heterocycles. The lowest BCUT2D eigenvalue weighted by molar-refractivity contribution is 0.394. The average Bonchev–Trinajstić information content (AvgIpc) is 2.50. The molecule has 4 nitrogen and oxygen atoms in total. The van der Waals surface area contributed by atoms with Crippen LogP contribution >= 0.6 is 95.6 Å². The monoisotopic (exact) mass is 686 g/mol. The zero-order chi connectivity index (χ0) is 16.8. The molecule has 0 saturated heterocycles. The SMILES string of the molecule is Oc1c(Br)cc(Oc2c(O)c(Br)c(Br)c(O)c2Br)c(Br)c1Br. The highest BCUT2D eigenvalue weighted by atomic mass is 79.9. The van der Waals surface area contributed by atoms with Crippen LogP contribution < -0.4 is 4.74 Å². The number of phenols is 3. The first-order chi connectivity index (χ1) is 10.2. The fourth-order valence-corrected chi connectivity index (χ4v) is 4.41. The lowest BCUT2D eigenvalue weighted by Gasteiger charge is -2.16. The minimum atomic E-state index is -0.205. The van der Waals surface area contributed by atoms with Crippen molar-refractivity contribution >= 4 is 95.6 Å². The Labute approximate surface area is 175 Å². The van der Waals surface area contributed by atoms with Gasteiger partial charge in [0, 0.05) is 0 Å². The van der Waals surface area contributed by atoms with Crippen molar-refractivity contribution in [2.75, 3.05) is 0 Å². The Balaban J connectivity index is 2.63. The van der Waals surface area contributed by atoms with E-state index in [9.17, 15) is 15.3 Å². The van der Waals surface area contributed by atoms with E-state index in [0.29, 0.717) is 19.2 Å². The van der Waals surface area contributed by atoms with Gasteiger partial charge in [-0.05, 0) is 102 Å². The minimum absolute atomic E-state index is 0.00217. The molecule has 2 rings (SSSR count). The second-order valence-corrected chi connectivity index (χ2v) is 8.72. The first-order valence-electron chi connectivity index (χ1n) is 5.29. The molecular formula is C12H4Br6O4. The van der Waals surface area contributed by atoms with Crippen LogP contribution in [0.15, 0.2) is 32.9 Å². The number of hydrogen-bond donors (Lipinski definition) is 3. The Morgan fingerprint density at radius 1 is 0.636 bits per heavy atom. The topological polar surface area (TPSA) is 69.9 Å². The first-order valence-corrected chi connectivity index (χ1v) is 10.0. The molecule has 0 aromatic heterocycles. The van der Waals surface area contributed by atoms with E-state index >= 15 is 0 Å². The fourth-order valence-electron chi connectivity index (χ4n) is 1.46. The summed E-state index contributed by atoms with van der Waals surface area (Å²) in [6.07, 6.45) is 0. The van der Waals surface area contributed by atoms with Crippen molar-refractivity contribution in [2.24, 2.45) is 0 Å². The lowest BCUT2D eigenvalue weighted by Crippen LogP contribution is -1.91. The normalized spacial score (nSPS) is 10.8. The summed E-state index contributed by atoms with van der Waals surface area (Å²) in [6.45, 7) is 0. The van der Waals surface area contributed by atoms with Gasteiger partial charge in [-0.3, -0.25) is 0 Å². The third-order valence-corrected chi connectivity index (χ3v) is 8.05. The van der Waals surface area contributed by atoms with E-state index in [1.54, 1.807) is 0 Å². The second-order valence-electron chi connectivity index (χ2n) is 3.90. The third kappa shape index (κ3) is 3.32. The number of aromatic hydroxyl groups is 3. The summed E-state index contributed by atoms with van der Waals surface area (Å²) < 4.78 is 7.61. The summed E-state index contributed by atoms with van der Waals surface area (Å²) in [5.41, 5.74) is 0. The predicted molar refractivity (Wildman–Crippen MR) is 104 cm³/mol. The van der Waals surface area contributed by atoms with Crippen LogP contribution in [0, 0.1) is 0 Å². The van der Waals surface area contributed by atoms with Crippen LogP contribution in [-0.2, 0) is 0 Å². The van der Waals surface area contributed by atoms with Crippen molar-refractivity contribution in [3.8, 4) is 28.7 Å². The average molecular weight is 692 g/mol. The Hall–Kier alpha value is 0.520. The molecule has 0 heterocycles. The van der Waals surface area contributed by atoms with E-state index in [2.05, 4.69) is 95.6 Å². The van der Waals surface area contributed by atoms with E-state index in [1.807, 2.05) is 0 Å². The van der Waals surface area contributed by atoms with E-state index in [4.69, 9.17) is 4.74 Å². The van der Waals surface area contributed by atoms with E-state index in [-0.39, 0.29) is 36.4 Å². The zero-order valence-electron chi connectivity index (χ0n) is 10.1. The highest BCUT2D eigenvalue weighted by Crippen LogP contribution is 2.54. The van der Waals surface area contributed by atoms with Crippen molar-refractivity contribution < 1.29 is 20.1 Å². The summed E-state index contributed by atoms with van der Waals surface area (Å²) in [4.78, 5) is 0. The molecule has 0 fully saturated rings. The molecule has 0 aliphatic carbocycles. The largest absolute Gasteiger partial charge is 0.506 e.